The van der Waals surface area contributed by atoms with E-state index in [1.807, 2.05) is 35.5 Å². The van der Waals surface area contributed by atoms with E-state index in [9.17, 15) is 19.2 Å². The lowest BCUT2D eigenvalue weighted by Gasteiger charge is -2.27. The Morgan fingerprint density at radius 2 is 1.77 bits per heavy atom. The normalized spacial score (nSPS) is 11.2. The summed E-state index contributed by atoms with van der Waals surface area (Å²) in [6.45, 7) is 8.98. The smallest absolute Gasteiger partial charge is 0.270 e. The molecule has 17 nitrogen and oxygen atoms in total. The van der Waals surface area contributed by atoms with Gasteiger partial charge in [0.15, 0.2) is 0 Å². The van der Waals surface area contributed by atoms with Gasteiger partial charge in [-0.1, -0.05) is 18.2 Å². The van der Waals surface area contributed by atoms with Crippen molar-refractivity contribution in [3.8, 4) is 11.5 Å². The topological polar surface area (TPSA) is 226 Å². The standard InChI is InChI=1S/C35H43N11O6/c1-6-46-27(15-22(2)43-46)34(50)41-20-44(30-25(38-3)16-23(32(36)48)18-28(30)51-5)12-8-9-13-45-31-26(42-35(45)39-4)17-24(33(37)49)19-29(31)52-14-10-7-11-40-21-47/h7-10,15-19,21H,3,6,11-14,20H2,1-2,4-5H3,(H2,36,48)(H2,37,49)(H,39,42)(H,40,47)(H,41,50)/b9-8+,10-7+. The van der Waals surface area contributed by atoms with Gasteiger partial charge in [0.05, 0.1) is 30.7 Å². The molecule has 0 aliphatic heterocycles. The lowest BCUT2D eigenvalue weighted by molar-refractivity contribution is -0.109. The van der Waals surface area contributed by atoms with Crippen molar-refractivity contribution in [2.45, 2.75) is 26.9 Å². The summed E-state index contributed by atoms with van der Waals surface area (Å²) in [6, 6.07) is 7.88. The summed E-state index contributed by atoms with van der Waals surface area (Å²) in [4.78, 5) is 58.6. The van der Waals surface area contributed by atoms with Crippen LogP contribution in [-0.4, -0.2) is 90.7 Å². The summed E-state index contributed by atoms with van der Waals surface area (Å²) in [5, 5.41) is 12.9. The number of allylic oxidation sites excluding steroid dienone is 1. The molecule has 52 heavy (non-hydrogen) atoms. The van der Waals surface area contributed by atoms with E-state index in [0.717, 1.165) is 0 Å². The second-order valence-corrected chi connectivity index (χ2v) is 11.2. The van der Waals surface area contributed by atoms with Crippen molar-refractivity contribution in [3.05, 3.63) is 77.2 Å². The van der Waals surface area contributed by atoms with Crippen molar-refractivity contribution in [1.29, 1.82) is 0 Å². The number of ether oxygens (including phenoxy) is 2. The number of imidazole rings is 1. The van der Waals surface area contributed by atoms with Crippen LogP contribution in [0.5, 0.6) is 11.5 Å². The minimum Gasteiger partial charge on any atom is -0.494 e. The van der Waals surface area contributed by atoms with Gasteiger partial charge in [-0.15, -0.1) is 0 Å². The predicted octanol–water partition coefficient (Wildman–Crippen LogP) is 2.27. The molecule has 17 heteroatoms. The quantitative estimate of drug-likeness (QED) is 0.0295. The van der Waals surface area contributed by atoms with Crippen LogP contribution >= 0.6 is 0 Å². The number of anilines is 2. The molecule has 2 aromatic carbocycles. The molecule has 0 unspecified atom stereocenters. The Bertz CT molecular complexity index is 2010. The molecule has 0 bridgehead atoms. The van der Waals surface area contributed by atoms with Gasteiger partial charge in [0, 0.05) is 44.4 Å². The zero-order valence-electron chi connectivity index (χ0n) is 29.5. The van der Waals surface area contributed by atoms with E-state index in [4.69, 9.17) is 20.9 Å². The second-order valence-electron chi connectivity index (χ2n) is 11.2. The summed E-state index contributed by atoms with van der Waals surface area (Å²) in [5.74, 6) is -0.440. The fourth-order valence-corrected chi connectivity index (χ4v) is 5.43. The van der Waals surface area contributed by atoms with Crippen molar-refractivity contribution in [2.75, 3.05) is 50.7 Å². The van der Waals surface area contributed by atoms with Crippen LogP contribution in [-0.2, 0) is 17.9 Å². The Morgan fingerprint density at radius 1 is 1.04 bits per heavy atom. The van der Waals surface area contributed by atoms with Gasteiger partial charge in [0.2, 0.25) is 24.2 Å². The fraction of sp³-hybridized carbons (Fsp3) is 0.286. The minimum atomic E-state index is -0.664. The number of amides is 4. The number of methoxy groups -OCH3 is 1. The molecule has 0 saturated carbocycles. The molecular formula is C35H43N11O6. The minimum absolute atomic E-state index is 0.0193. The molecule has 0 spiro atoms. The maximum absolute atomic E-state index is 13.3. The Labute approximate surface area is 300 Å². The summed E-state index contributed by atoms with van der Waals surface area (Å²) in [7, 11) is 3.18. The number of hydrogen-bond acceptors (Lipinski definition) is 11. The molecule has 4 rings (SSSR count). The highest BCUT2D eigenvalue weighted by atomic mass is 16.5. The van der Waals surface area contributed by atoms with Gasteiger partial charge in [-0.3, -0.25) is 28.9 Å². The Morgan fingerprint density at radius 3 is 2.42 bits per heavy atom. The summed E-state index contributed by atoms with van der Waals surface area (Å²) in [5.41, 5.74) is 14.6. The highest BCUT2D eigenvalue weighted by Gasteiger charge is 2.22. The molecule has 0 radical (unpaired) electrons. The maximum atomic E-state index is 13.3. The van der Waals surface area contributed by atoms with Gasteiger partial charge < -0.3 is 46.4 Å². The molecule has 2 aromatic heterocycles. The van der Waals surface area contributed by atoms with Crippen LogP contribution in [0.4, 0.5) is 17.3 Å². The Balaban J connectivity index is 1.68. The molecule has 0 saturated heterocycles. The van der Waals surface area contributed by atoms with E-state index in [-0.39, 0.29) is 36.9 Å². The zero-order valence-corrected chi connectivity index (χ0v) is 29.5. The van der Waals surface area contributed by atoms with Crippen LogP contribution in [0.15, 0.2) is 59.6 Å². The third-order valence-corrected chi connectivity index (χ3v) is 7.83. The number of primary amides is 2. The molecule has 4 aromatic rings. The van der Waals surface area contributed by atoms with Crippen molar-refractivity contribution < 1.29 is 28.7 Å². The van der Waals surface area contributed by atoms with E-state index in [1.54, 1.807) is 42.1 Å². The first-order valence-electron chi connectivity index (χ1n) is 16.2. The van der Waals surface area contributed by atoms with Gasteiger partial charge >= 0.3 is 0 Å². The van der Waals surface area contributed by atoms with Gasteiger partial charge in [-0.2, -0.15) is 5.10 Å². The number of aromatic nitrogens is 4. The SMILES string of the molecule is C=Nc1cc(C(N)=O)cc(OC)c1N(C/C=C/Cn1c(NC)nc2cc(C(N)=O)cc(OC/C=C/CNC=O)c21)CNC(=O)c1cc(C)nn1CC. The van der Waals surface area contributed by atoms with Gasteiger partial charge in [0.1, 0.15) is 35.0 Å². The van der Waals surface area contributed by atoms with E-state index in [1.165, 1.54) is 19.2 Å². The summed E-state index contributed by atoms with van der Waals surface area (Å²) in [6.07, 6.45) is 7.85. The van der Waals surface area contributed by atoms with E-state index >= 15 is 0 Å². The summed E-state index contributed by atoms with van der Waals surface area (Å²) < 4.78 is 15.2. The van der Waals surface area contributed by atoms with Crippen LogP contribution in [0, 0.1) is 6.92 Å². The number of carbonyl (C=O) groups excluding carboxylic acids is 4. The van der Waals surface area contributed by atoms with Crippen LogP contribution < -0.4 is 41.8 Å². The second kappa shape index (κ2) is 17.8. The number of nitrogens with one attached hydrogen (secondary N) is 3. The lowest BCUT2D eigenvalue weighted by Crippen LogP contribution is -2.39. The van der Waals surface area contributed by atoms with Crippen LogP contribution in [0.2, 0.25) is 0 Å². The van der Waals surface area contributed by atoms with Gasteiger partial charge in [-0.25, -0.2) is 4.98 Å². The van der Waals surface area contributed by atoms with E-state index in [2.05, 4.69) is 37.7 Å². The van der Waals surface area contributed by atoms with E-state index < -0.39 is 11.8 Å². The number of aliphatic imine (C=N–C) groups is 1. The molecule has 0 aliphatic carbocycles. The molecule has 2 heterocycles. The van der Waals surface area contributed by atoms with Crippen LogP contribution in [0.25, 0.3) is 11.0 Å². The van der Waals surface area contributed by atoms with Crippen molar-refractivity contribution >= 4 is 59.2 Å². The zero-order chi connectivity index (χ0) is 37.8. The van der Waals surface area contributed by atoms with Crippen molar-refractivity contribution in [3.63, 3.8) is 0 Å². The molecule has 0 fully saturated rings. The van der Waals surface area contributed by atoms with Crippen LogP contribution in [0.3, 0.4) is 0 Å². The third-order valence-electron chi connectivity index (χ3n) is 7.83. The molecule has 4 amide bonds. The molecule has 274 valence electrons. The Kier molecular flexibility index (Phi) is 13.1. The average molecular weight is 714 g/mol. The number of nitrogens with two attached hydrogens (primary N) is 2. The van der Waals surface area contributed by atoms with Gasteiger partial charge in [0.25, 0.3) is 5.91 Å². The number of carbonyl (C=O) groups is 4. The number of aryl methyl sites for hydroxylation is 2. The number of hydrogen-bond donors (Lipinski definition) is 5. The van der Waals surface area contributed by atoms with E-state index in [0.29, 0.717) is 77.3 Å². The average Bonchev–Trinajstić information content (AvgIpc) is 3.71. The van der Waals surface area contributed by atoms with Crippen molar-refractivity contribution in [1.82, 2.24) is 30.0 Å². The first kappa shape index (κ1) is 38.2. The third kappa shape index (κ3) is 8.92. The number of benzene rings is 2. The fourth-order valence-electron chi connectivity index (χ4n) is 5.43. The van der Waals surface area contributed by atoms with Gasteiger partial charge in [-0.05, 0) is 57.0 Å². The molecule has 7 N–H and O–H groups in total. The first-order valence-corrected chi connectivity index (χ1v) is 16.2. The molecular weight excluding hydrogens is 670 g/mol. The predicted molar refractivity (Wildman–Crippen MR) is 199 cm³/mol. The first-order chi connectivity index (χ1) is 25.1. The highest BCUT2D eigenvalue weighted by molar-refractivity contribution is 5.99. The largest absolute Gasteiger partial charge is 0.494 e. The number of nitrogens with zero attached hydrogens (tertiary/aromatic N) is 6. The lowest BCUT2D eigenvalue weighted by atomic mass is 10.1. The Hall–Kier alpha value is -6.65. The van der Waals surface area contributed by atoms with Crippen molar-refractivity contribution in [2.24, 2.45) is 16.5 Å². The van der Waals surface area contributed by atoms with Crippen LogP contribution in [0.1, 0.15) is 43.8 Å². The summed E-state index contributed by atoms with van der Waals surface area (Å²) >= 11 is 0. The monoisotopic (exact) mass is 713 g/mol. The highest BCUT2D eigenvalue weighted by Crippen LogP contribution is 2.39. The number of rotatable bonds is 20. The maximum Gasteiger partial charge on any atom is 0.270 e. The number of fused-ring (bicyclic) bond motifs is 1. The molecule has 0 aliphatic rings. The molecule has 0 atom stereocenters.